The van der Waals surface area contributed by atoms with Gasteiger partial charge in [-0.25, -0.2) is 4.68 Å². The van der Waals surface area contributed by atoms with Gasteiger partial charge in [0.1, 0.15) is 11.4 Å². The molecule has 0 atom stereocenters. The van der Waals surface area contributed by atoms with Gasteiger partial charge in [0.25, 0.3) is 0 Å². The van der Waals surface area contributed by atoms with E-state index >= 15 is 0 Å². The number of hydrogen-bond donors (Lipinski definition) is 0. The van der Waals surface area contributed by atoms with Gasteiger partial charge < -0.3 is 4.74 Å². The molecule has 0 unspecified atom stereocenters. The Kier molecular flexibility index (Phi) is 3.23. The third kappa shape index (κ3) is 2.21. The van der Waals surface area contributed by atoms with E-state index in [0.717, 1.165) is 0 Å². The highest BCUT2D eigenvalue weighted by Crippen LogP contribution is 2.18. The second-order valence-electron chi connectivity index (χ2n) is 3.41. The standard InChI is InChI=1S/C11H10BrN3O2/c1-15-9(11(12)13-14-15)10(16)7-3-5-8(17-2)6-4-7/h3-6H,1-2H3. The van der Waals surface area contributed by atoms with Crippen LogP contribution in [0.1, 0.15) is 16.1 Å². The molecule has 0 radical (unpaired) electrons. The van der Waals surface area contributed by atoms with Crippen LogP contribution in [0.4, 0.5) is 0 Å². The average molecular weight is 296 g/mol. The van der Waals surface area contributed by atoms with Crippen molar-refractivity contribution >= 4 is 21.7 Å². The molecular weight excluding hydrogens is 286 g/mol. The molecule has 5 nitrogen and oxygen atoms in total. The van der Waals surface area contributed by atoms with Gasteiger partial charge in [-0.3, -0.25) is 4.79 Å². The Morgan fingerprint density at radius 3 is 2.47 bits per heavy atom. The molecule has 0 aliphatic heterocycles. The second kappa shape index (κ2) is 4.67. The summed E-state index contributed by atoms with van der Waals surface area (Å²) in [4.78, 5) is 12.2. The van der Waals surface area contributed by atoms with Crippen molar-refractivity contribution in [1.29, 1.82) is 0 Å². The maximum absolute atomic E-state index is 12.2. The lowest BCUT2D eigenvalue weighted by Crippen LogP contribution is -2.08. The zero-order chi connectivity index (χ0) is 12.4. The maximum atomic E-state index is 12.2. The van der Waals surface area contributed by atoms with E-state index in [0.29, 0.717) is 21.6 Å². The number of ketones is 1. The number of carbonyl (C=O) groups is 1. The fraction of sp³-hybridized carbons (Fsp3) is 0.182. The molecule has 0 fully saturated rings. The lowest BCUT2D eigenvalue weighted by molar-refractivity contribution is 0.102. The Hall–Kier alpha value is -1.69. The Balaban J connectivity index is 2.37. The van der Waals surface area contributed by atoms with Gasteiger partial charge >= 0.3 is 0 Å². The van der Waals surface area contributed by atoms with Crippen LogP contribution in [0.2, 0.25) is 0 Å². The monoisotopic (exact) mass is 295 g/mol. The number of methoxy groups -OCH3 is 1. The number of rotatable bonds is 3. The first-order valence-corrected chi connectivity index (χ1v) is 5.66. The first-order chi connectivity index (χ1) is 8.13. The molecular formula is C11H10BrN3O2. The lowest BCUT2D eigenvalue weighted by atomic mass is 10.1. The summed E-state index contributed by atoms with van der Waals surface area (Å²) < 4.78 is 6.92. The van der Waals surface area contributed by atoms with Crippen molar-refractivity contribution < 1.29 is 9.53 Å². The molecule has 2 rings (SSSR count). The number of aryl methyl sites for hydroxylation is 1. The molecule has 0 saturated heterocycles. The highest BCUT2D eigenvalue weighted by Gasteiger charge is 2.18. The minimum Gasteiger partial charge on any atom is -0.497 e. The van der Waals surface area contributed by atoms with Crippen LogP contribution < -0.4 is 4.74 Å². The number of nitrogens with zero attached hydrogens (tertiary/aromatic N) is 3. The van der Waals surface area contributed by atoms with E-state index in [1.807, 2.05) is 0 Å². The van der Waals surface area contributed by atoms with Gasteiger partial charge in [-0.05, 0) is 40.2 Å². The quantitative estimate of drug-likeness (QED) is 0.811. The van der Waals surface area contributed by atoms with E-state index in [1.165, 1.54) is 4.68 Å². The minimum atomic E-state index is -0.132. The number of ether oxygens (including phenoxy) is 1. The number of halogens is 1. The molecule has 1 aromatic carbocycles. The molecule has 2 aromatic rings. The molecule has 1 aromatic heterocycles. The van der Waals surface area contributed by atoms with Crippen LogP contribution in [0.5, 0.6) is 5.75 Å². The van der Waals surface area contributed by atoms with Crippen molar-refractivity contribution in [3.63, 3.8) is 0 Å². The van der Waals surface area contributed by atoms with E-state index in [2.05, 4.69) is 26.2 Å². The van der Waals surface area contributed by atoms with E-state index in [-0.39, 0.29) is 5.78 Å². The van der Waals surface area contributed by atoms with Crippen LogP contribution in [0.15, 0.2) is 28.9 Å². The van der Waals surface area contributed by atoms with E-state index in [1.54, 1.807) is 38.4 Å². The Bertz CT molecular complexity index is 529. The van der Waals surface area contributed by atoms with Crippen LogP contribution in [0.3, 0.4) is 0 Å². The number of aromatic nitrogens is 3. The van der Waals surface area contributed by atoms with E-state index < -0.39 is 0 Å². The molecule has 17 heavy (non-hydrogen) atoms. The highest BCUT2D eigenvalue weighted by atomic mass is 79.9. The van der Waals surface area contributed by atoms with Gasteiger partial charge in [0, 0.05) is 12.6 Å². The highest BCUT2D eigenvalue weighted by molar-refractivity contribution is 9.10. The Morgan fingerprint density at radius 1 is 1.35 bits per heavy atom. The third-order valence-corrected chi connectivity index (χ3v) is 2.89. The molecule has 0 spiro atoms. The summed E-state index contributed by atoms with van der Waals surface area (Å²) >= 11 is 3.20. The second-order valence-corrected chi connectivity index (χ2v) is 4.16. The topological polar surface area (TPSA) is 57.0 Å². The fourth-order valence-corrected chi connectivity index (χ4v) is 1.96. The molecule has 0 amide bonds. The van der Waals surface area contributed by atoms with Crippen molar-refractivity contribution in [3.05, 3.63) is 40.1 Å². The number of hydrogen-bond acceptors (Lipinski definition) is 4. The molecule has 0 saturated carbocycles. The van der Waals surface area contributed by atoms with Crippen LogP contribution in [-0.4, -0.2) is 27.9 Å². The predicted molar refractivity (Wildman–Crippen MR) is 65.1 cm³/mol. The lowest BCUT2D eigenvalue weighted by Gasteiger charge is -2.03. The molecule has 0 aliphatic rings. The zero-order valence-corrected chi connectivity index (χ0v) is 10.9. The van der Waals surface area contributed by atoms with Gasteiger partial charge in [-0.2, -0.15) is 0 Å². The van der Waals surface area contributed by atoms with Crippen LogP contribution in [-0.2, 0) is 7.05 Å². The number of benzene rings is 1. The summed E-state index contributed by atoms with van der Waals surface area (Å²) in [7, 11) is 3.26. The predicted octanol–water partition coefficient (Wildman–Crippen LogP) is 1.82. The van der Waals surface area contributed by atoms with Crippen molar-refractivity contribution in [2.75, 3.05) is 7.11 Å². The van der Waals surface area contributed by atoms with Crippen molar-refractivity contribution in [2.24, 2.45) is 7.05 Å². The van der Waals surface area contributed by atoms with Gasteiger partial charge in [-0.1, -0.05) is 5.21 Å². The number of carbonyl (C=O) groups excluding carboxylic acids is 1. The fourth-order valence-electron chi connectivity index (χ4n) is 1.45. The van der Waals surface area contributed by atoms with Crippen LogP contribution in [0, 0.1) is 0 Å². The molecule has 0 N–H and O–H groups in total. The van der Waals surface area contributed by atoms with Crippen LogP contribution >= 0.6 is 15.9 Å². The van der Waals surface area contributed by atoms with E-state index in [4.69, 9.17) is 4.74 Å². The molecule has 0 aliphatic carbocycles. The third-order valence-electron chi connectivity index (χ3n) is 2.35. The summed E-state index contributed by atoms with van der Waals surface area (Å²) in [6.07, 6.45) is 0. The SMILES string of the molecule is COc1ccc(C(=O)c2c(Br)nnn2C)cc1. The summed E-state index contributed by atoms with van der Waals surface area (Å²) in [5.41, 5.74) is 0.993. The Labute approximate surface area is 107 Å². The summed E-state index contributed by atoms with van der Waals surface area (Å²) in [5.74, 6) is 0.579. The normalized spacial score (nSPS) is 10.3. The molecule has 0 bridgehead atoms. The van der Waals surface area contributed by atoms with Gasteiger partial charge in [0.2, 0.25) is 5.78 Å². The van der Waals surface area contributed by atoms with Gasteiger partial charge in [0.05, 0.1) is 7.11 Å². The van der Waals surface area contributed by atoms with Crippen molar-refractivity contribution in [3.8, 4) is 5.75 Å². The minimum absolute atomic E-state index is 0.132. The zero-order valence-electron chi connectivity index (χ0n) is 9.35. The largest absolute Gasteiger partial charge is 0.497 e. The molecule has 6 heteroatoms. The average Bonchev–Trinajstić information content (AvgIpc) is 2.68. The Morgan fingerprint density at radius 2 is 2.00 bits per heavy atom. The van der Waals surface area contributed by atoms with E-state index in [9.17, 15) is 4.79 Å². The molecule has 1 heterocycles. The smallest absolute Gasteiger partial charge is 0.213 e. The summed E-state index contributed by atoms with van der Waals surface area (Å²) in [6, 6.07) is 6.90. The van der Waals surface area contributed by atoms with Crippen LogP contribution in [0.25, 0.3) is 0 Å². The maximum Gasteiger partial charge on any atom is 0.213 e. The first-order valence-electron chi connectivity index (χ1n) is 4.87. The molecule has 88 valence electrons. The van der Waals surface area contributed by atoms with Crippen molar-refractivity contribution in [2.45, 2.75) is 0 Å². The first kappa shape index (κ1) is 11.8. The van der Waals surface area contributed by atoms with Gasteiger partial charge in [-0.15, -0.1) is 5.10 Å². The summed E-state index contributed by atoms with van der Waals surface area (Å²) in [5, 5.41) is 7.55. The summed E-state index contributed by atoms with van der Waals surface area (Å²) in [6.45, 7) is 0. The van der Waals surface area contributed by atoms with Gasteiger partial charge in [0.15, 0.2) is 4.60 Å². The van der Waals surface area contributed by atoms with Crippen molar-refractivity contribution in [1.82, 2.24) is 15.0 Å².